The minimum absolute atomic E-state index is 0.0671. The fourth-order valence-electron chi connectivity index (χ4n) is 1.51. The van der Waals surface area contributed by atoms with Crippen molar-refractivity contribution in [2.75, 3.05) is 11.9 Å². The van der Waals surface area contributed by atoms with Gasteiger partial charge in [-0.15, -0.1) is 0 Å². The van der Waals surface area contributed by atoms with Gasteiger partial charge in [-0.05, 0) is 41.6 Å². The first kappa shape index (κ1) is 15.2. The second-order valence-corrected chi connectivity index (χ2v) is 6.75. The Morgan fingerprint density at radius 3 is 2.56 bits per heavy atom. The van der Waals surface area contributed by atoms with Gasteiger partial charge in [-0.3, -0.25) is 4.79 Å². The number of nitrogens with zero attached hydrogens (tertiary/aromatic N) is 2. The summed E-state index contributed by atoms with van der Waals surface area (Å²) in [5, 5.41) is 7.42. The van der Waals surface area contributed by atoms with Crippen LogP contribution in [0.15, 0.2) is 15.5 Å². The molecule has 18 heavy (non-hydrogen) atoms. The maximum absolute atomic E-state index is 12.0. The van der Waals surface area contributed by atoms with Crippen molar-refractivity contribution in [3.63, 3.8) is 0 Å². The lowest BCUT2D eigenvalue weighted by molar-refractivity contribution is 0.389. The smallest absolute Gasteiger partial charge is 0.283 e. The number of halogens is 1. The quantitative estimate of drug-likeness (QED) is 0.925. The molecule has 1 aromatic heterocycles. The van der Waals surface area contributed by atoms with Crippen molar-refractivity contribution in [2.45, 2.75) is 47.1 Å². The summed E-state index contributed by atoms with van der Waals surface area (Å²) >= 11 is 3.34. The highest BCUT2D eigenvalue weighted by Crippen LogP contribution is 2.21. The van der Waals surface area contributed by atoms with Crippen LogP contribution < -0.4 is 10.9 Å². The summed E-state index contributed by atoms with van der Waals surface area (Å²) in [5.41, 5.74) is 0.951. The molecule has 0 radical (unpaired) electrons. The third kappa shape index (κ3) is 4.12. The van der Waals surface area contributed by atoms with Crippen molar-refractivity contribution in [2.24, 2.45) is 5.41 Å². The summed E-state index contributed by atoms with van der Waals surface area (Å²) in [6, 6.07) is 0.0671. The first-order chi connectivity index (χ1) is 8.22. The number of nitrogens with one attached hydrogen (secondary N) is 1. The molecule has 1 heterocycles. The van der Waals surface area contributed by atoms with Crippen LogP contribution in [0.5, 0.6) is 0 Å². The molecule has 4 nitrogen and oxygen atoms in total. The normalized spacial score (nSPS) is 11.9. The van der Waals surface area contributed by atoms with Gasteiger partial charge in [-0.1, -0.05) is 20.8 Å². The fourth-order valence-corrected chi connectivity index (χ4v) is 1.93. The Labute approximate surface area is 117 Å². The van der Waals surface area contributed by atoms with E-state index in [1.807, 2.05) is 13.8 Å². The van der Waals surface area contributed by atoms with Crippen molar-refractivity contribution in [1.82, 2.24) is 9.78 Å². The van der Waals surface area contributed by atoms with Gasteiger partial charge in [0.15, 0.2) is 0 Å². The van der Waals surface area contributed by atoms with E-state index >= 15 is 0 Å². The first-order valence-electron chi connectivity index (χ1n) is 6.23. The van der Waals surface area contributed by atoms with Crippen LogP contribution in [-0.4, -0.2) is 16.3 Å². The molecule has 1 rings (SSSR count). The summed E-state index contributed by atoms with van der Waals surface area (Å²) in [4.78, 5) is 12.0. The van der Waals surface area contributed by atoms with Crippen molar-refractivity contribution in [1.29, 1.82) is 0 Å². The lowest BCUT2D eigenvalue weighted by Crippen LogP contribution is -2.26. The van der Waals surface area contributed by atoms with Crippen molar-refractivity contribution >= 4 is 21.6 Å². The number of hydrogen-bond donors (Lipinski definition) is 1. The van der Waals surface area contributed by atoms with Crippen LogP contribution in [0.25, 0.3) is 0 Å². The first-order valence-corrected chi connectivity index (χ1v) is 7.03. The van der Waals surface area contributed by atoms with Crippen molar-refractivity contribution in [3.05, 3.63) is 21.0 Å². The molecule has 0 atom stereocenters. The number of anilines is 1. The summed E-state index contributed by atoms with van der Waals surface area (Å²) in [6.07, 6.45) is 2.74. The van der Waals surface area contributed by atoms with Crippen LogP contribution in [0.1, 0.15) is 47.1 Å². The number of hydrogen-bond acceptors (Lipinski definition) is 3. The van der Waals surface area contributed by atoms with Gasteiger partial charge in [0.25, 0.3) is 5.56 Å². The predicted octanol–water partition coefficient (Wildman–Crippen LogP) is 3.43. The van der Waals surface area contributed by atoms with Gasteiger partial charge in [0.2, 0.25) is 0 Å². The molecule has 1 N–H and O–H groups in total. The Kier molecular flexibility index (Phi) is 4.96. The van der Waals surface area contributed by atoms with E-state index in [-0.39, 0.29) is 17.0 Å². The summed E-state index contributed by atoms with van der Waals surface area (Å²) in [6.45, 7) is 11.3. The van der Waals surface area contributed by atoms with E-state index in [4.69, 9.17) is 0 Å². The van der Waals surface area contributed by atoms with Crippen LogP contribution in [-0.2, 0) is 0 Å². The summed E-state index contributed by atoms with van der Waals surface area (Å²) < 4.78 is 2.03. The maximum Gasteiger partial charge on any atom is 0.283 e. The zero-order valence-electron chi connectivity index (χ0n) is 11.7. The zero-order valence-corrected chi connectivity index (χ0v) is 13.3. The van der Waals surface area contributed by atoms with Crippen LogP contribution in [0, 0.1) is 5.41 Å². The Morgan fingerprint density at radius 2 is 2.06 bits per heavy atom. The lowest BCUT2D eigenvalue weighted by atomic mass is 9.92. The maximum atomic E-state index is 12.0. The van der Waals surface area contributed by atoms with Crippen LogP contribution in [0.4, 0.5) is 5.69 Å². The minimum Gasteiger partial charge on any atom is -0.383 e. The van der Waals surface area contributed by atoms with E-state index in [0.29, 0.717) is 4.47 Å². The lowest BCUT2D eigenvalue weighted by Gasteiger charge is -2.19. The number of aromatic nitrogens is 2. The van der Waals surface area contributed by atoms with Gasteiger partial charge in [-0.2, -0.15) is 5.10 Å². The van der Waals surface area contributed by atoms with Gasteiger partial charge in [0.1, 0.15) is 4.47 Å². The van der Waals surface area contributed by atoms with Gasteiger partial charge in [0.05, 0.1) is 17.9 Å². The second-order valence-electron chi connectivity index (χ2n) is 5.95. The molecule has 1 aromatic rings. The molecule has 0 aromatic carbocycles. The SMILES string of the molecule is CC(C)n1ncc(NCCC(C)(C)C)c(Br)c1=O. The molecule has 0 aliphatic heterocycles. The number of rotatable bonds is 4. The fraction of sp³-hybridized carbons (Fsp3) is 0.692. The summed E-state index contributed by atoms with van der Waals surface area (Å²) in [7, 11) is 0. The highest BCUT2D eigenvalue weighted by atomic mass is 79.9. The molecule has 0 saturated carbocycles. The Morgan fingerprint density at radius 1 is 1.44 bits per heavy atom. The Bertz CT molecular complexity index is 460. The van der Waals surface area contributed by atoms with Crippen LogP contribution in [0.3, 0.4) is 0 Å². The van der Waals surface area contributed by atoms with E-state index in [1.165, 1.54) is 4.68 Å². The minimum atomic E-state index is -0.0919. The molecule has 0 saturated heterocycles. The Hall–Kier alpha value is -0.840. The van der Waals surface area contributed by atoms with E-state index in [9.17, 15) is 4.79 Å². The van der Waals surface area contributed by atoms with Crippen molar-refractivity contribution < 1.29 is 0 Å². The van der Waals surface area contributed by atoms with E-state index in [0.717, 1.165) is 18.7 Å². The highest BCUT2D eigenvalue weighted by Gasteiger charge is 2.12. The van der Waals surface area contributed by atoms with E-state index in [2.05, 4.69) is 47.1 Å². The van der Waals surface area contributed by atoms with Gasteiger partial charge < -0.3 is 5.32 Å². The average molecular weight is 316 g/mol. The topological polar surface area (TPSA) is 46.9 Å². The van der Waals surface area contributed by atoms with Crippen molar-refractivity contribution in [3.8, 4) is 0 Å². The third-order valence-electron chi connectivity index (χ3n) is 2.62. The molecule has 0 spiro atoms. The van der Waals surface area contributed by atoms with Crippen LogP contribution in [0.2, 0.25) is 0 Å². The van der Waals surface area contributed by atoms with E-state index in [1.54, 1.807) is 6.20 Å². The van der Waals surface area contributed by atoms with Gasteiger partial charge in [0, 0.05) is 6.54 Å². The monoisotopic (exact) mass is 315 g/mol. The highest BCUT2D eigenvalue weighted by molar-refractivity contribution is 9.10. The average Bonchev–Trinajstić information content (AvgIpc) is 2.22. The molecule has 0 fully saturated rings. The largest absolute Gasteiger partial charge is 0.383 e. The molecule has 5 heteroatoms. The molecular formula is C13H22BrN3O. The third-order valence-corrected chi connectivity index (χ3v) is 3.39. The van der Waals surface area contributed by atoms with Crippen LogP contribution >= 0.6 is 15.9 Å². The molecule has 0 amide bonds. The molecular weight excluding hydrogens is 294 g/mol. The van der Waals surface area contributed by atoms with E-state index < -0.39 is 0 Å². The molecule has 0 bridgehead atoms. The second kappa shape index (κ2) is 5.87. The predicted molar refractivity (Wildman–Crippen MR) is 79.1 cm³/mol. The van der Waals surface area contributed by atoms with Gasteiger partial charge >= 0.3 is 0 Å². The molecule has 0 aliphatic carbocycles. The zero-order chi connectivity index (χ0) is 13.9. The molecule has 0 unspecified atom stereocenters. The Balaban J connectivity index is 2.80. The molecule has 102 valence electrons. The van der Waals surface area contributed by atoms with Gasteiger partial charge in [-0.25, -0.2) is 4.68 Å². The standard InChI is InChI=1S/C13H22BrN3O/c1-9(2)17-12(18)11(14)10(8-16-17)15-7-6-13(3,4)5/h8-9,15H,6-7H2,1-5H3. The summed E-state index contributed by atoms with van der Waals surface area (Å²) in [5.74, 6) is 0. The molecule has 0 aliphatic rings.